The Labute approximate surface area is 56.2 Å². The van der Waals surface area contributed by atoms with Crippen LogP contribution < -0.4 is 5.32 Å². The molecule has 0 aromatic carbocycles. The van der Waals surface area contributed by atoms with Gasteiger partial charge in [0.2, 0.25) is 0 Å². The first-order valence-electron chi connectivity index (χ1n) is 3.80. The van der Waals surface area contributed by atoms with Gasteiger partial charge in [0.1, 0.15) is 0 Å². The average Bonchev–Trinajstić information content (AvgIpc) is 2.45. The van der Waals surface area contributed by atoms with E-state index in [2.05, 4.69) is 17.3 Å². The summed E-state index contributed by atoms with van der Waals surface area (Å²) in [5.74, 6) is 0.968. The van der Waals surface area contributed by atoms with Crippen LogP contribution >= 0.6 is 0 Å². The number of hydrogen-bond donors (Lipinski definition) is 1. The van der Waals surface area contributed by atoms with Crippen molar-refractivity contribution >= 4 is 0 Å². The number of nitrogens with one attached hydrogen (secondary N) is 1. The minimum absolute atomic E-state index is 0.804. The highest BCUT2D eigenvalue weighted by Crippen LogP contribution is 2.27. The van der Waals surface area contributed by atoms with Crippen molar-refractivity contribution in [3.8, 4) is 0 Å². The van der Waals surface area contributed by atoms with Crippen molar-refractivity contribution in [1.29, 1.82) is 0 Å². The quantitative estimate of drug-likeness (QED) is 0.528. The molecule has 2 saturated heterocycles. The van der Waals surface area contributed by atoms with Gasteiger partial charge in [0.05, 0.1) is 0 Å². The van der Waals surface area contributed by atoms with Crippen LogP contribution in [-0.4, -0.2) is 37.6 Å². The number of nitrogens with zero attached hydrogens (tertiary/aromatic N) is 1. The zero-order valence-electron chi connectivity index (χ0n) is 5.93. The van der Waals surface area contributed by atoms with Crippen molar-refractivity contribution in [2.24, 2.45) is 5.92 Å². The molecule has 0 aromatic heterocycles. The Morgan fingerprint density at radius 2 is 2.33 bits per heavy atom. The molecule has 0 saturated carbocycles. The first-order chi connectivity index (χ1) is 4.40. The summed E-state index contributed by atoms with van der Waals surface area (Å²) >= 11 is 0. The van der Waals surface area contributed by atoms with E-state index in [0.29, 0.717) is 0 Å². The smallest absolute Gasteiger partial charge is 0.0232 e. The largest absolute Gasteiger partial charge is 0.315 e. The zero-order valence-corrected chi connectivity index (χ0v) is 5.93. The van der Waals surface area contributed by atoms with E-state index < -0.39 is 0 Å². The van der Waals surface area contributed by atoms with Crippen molar-refractivity contribution in [2.45, 2.75) is 12.5 Å². The topological polar surface area (TPSA) is 15.3 Å². The van der Waals surface area contributed by atoms with Gasteiger partial charge in [0, 0.05) is 19.1 Å². The molecule has 1 N–H and O–H groups in total. The molecular weight excluding hydrogens is 112 g/mol. The maximum Gasteiger partial charge on any atom is 0.0232 e. The van der Waals surface area contributed by atoms with Crippen LogP contribution in [0, 0.1) is 5.92 Å². The van der Waals surface area contributed by atoms with Gasteiger partial charge in [-0.05, 0) is 25.9 Å². The second-order valence-corrected chi connectivity index (χ2v) is 3.20. The van der Waals surface area contributed by atoms with E-state index in [9.17, 15) is 0 Å². The van der Waals surface area contributed by atoms with Gasteiger partial charge in [-0.1, -0.05) is 0 Å². The molecule has 2 fully saturated rings. The molecule has 2 heterocycles. The highest BCUT2D eigenvalue weighted by Gasteiger charge is 2.36. The number of likely N-dealkylation sites (N-methyl/N-ethyl adjacent to an activating group) is 1. The average molecular weight is 126 g/mol. The molecule has 0 radical (unpaired) electrons. The standard InChI is InChI=1S/C7H14N2/c1-8-7-5-9-3-2-6(7)4-9/h6-8H,2-5H2,1H3. The Balaban J connectivity index is 2.01. The molecular formula is C7H14N2. The predicted molar refractivity (Wildman–Crippen MR) is 37.4 cm³/mol. The lowest BCUT2D eigenvalue weighted by atomic mass is 10.0. The van der Waals surface area contributed by atoms with Crippen molar-refractivity contribution < 1.29 is 0 Å². The monoisotopic (exact) mass is 126 g/mol. The minimum atomic E-state index is 0.804. The molecule has 3 unspecified atom stereocenters. The molecule has 2 aliphatic heterocycles. The van der Waals surface area contributed by atoms with Crippen LogP contribution in [0.3, 0.4) is 0 Å². The number of hydrogen-bond acceptors (Lipinski definition) is 2. The van der Waals surface area contributed by atoms with E-state index in [0.717, 1.165) is 12.0 Å². The Morgan fingerprint density at radius 3 is 2.67 bits per heavy atom. The summed E-state index contributed by atoms with van der Waals surface area (Å²) in [5.41, 5.74) is 0. The lowest BCUT2D eigenvalue weighted by Gasteiger charge is -2.20. The number of piperidine rings is 1. The van der Waals surface area contributed by atoms with Gasteiger partial charge in [0.25, 0.3) is 0 Å². The second kappa shape index (κ2) is 1.96. The molecule has 2 rings (SSSR count). The Kier molecular flexibility index (Phi) is 1.24. The lowest BCUT2D eigenvalue weighted by Crippen LogP contribution is -2.37. The maximum atomic E-state index is 3.35. The third kappa shape index (κ3) is 0.775. The van der Waals surface area contributed by atoms with Crippen LogP contribution in [-0.2, 0) is 0 Å². The SMILES string of the molecule is CNC1CN2CCC1C2. The summed E-state index contributed by atoms with van der Waals surface area (Å²) in [7, 11) is 2.08. The van der Waals surface area contributed by atoms with Gasteiger partial charge in [-0.3, -0.25) is 0 Å². The van der Waals surface area contributed by atoms with E-state index in [-0.39, 0.29) is 0 Å². The van der Waals surface area contributed by atoms with E-state index in [1.807, 2.05) is 0 Å². The highest BCUT2D eigenvalue weighted by atomic mass is 15.2. The second-order valence-electron chi connectivity index (χ2n) is 3.20. The van der Waals surface area contributed by atoms with Gasteiger partial charge in [-0.2, -0.15) is 0 Å². The first-order valence-corrected chi connectivity index (χ1v) is 3.80. The van der Waals surface area contributed by atoms with Crippen LogP contribution in [0.25, 0.3) is 0 Å². The van der Waals surface area contributed by atoms with Gasteiger partial charge < -0.3 is 10.2 Å². The lowest BCUT2D eigenvalue weighted by molar-refractivity contribution is 0.325. The molecule has 52 valence electrons. The molecule has 2 aliphatic rings. The normalized spacial score (nSPS) is 48.3. The third-order valence-corrected chi connectivity index (χ3v) is 2.70. The van der Waals surface area contributed by atoms with Crippen LogP contribution in [0.5, 0.6) is 0 Å². The van der Waals surface area contributed by atoms with Crippen LogP contribution in [0.2, 0.25) is 0 Å². The third-order valence-electron chi connectivity index (χ3n) is 2.70. The summed E-state index contributed by atoms with van der Waals surface area (Å²) in [6.07, 6.45) is 1.42. The fourth-order valence-electron chi connectivity index (χ4n) is 2.11. The van der Waals surface area contributed by atoms with Crippen molar-refractivity contribution in [2.75, 3.05) is 26.7 Å². The molecule has 0 aliphatic carbocycles. The maximum absolute atomic E-state index is 3.35. The molecule has 0 amide bonds. The highest BCUT2D eigenvalue weighted by molar-refractivity contribution is 4.93. The van der Waals surface area contributed by atoms with E-state index >= 15 is 0 Å². The molecule has 9 heavy (non-hydrogen) atoms. The van der Waals surface area contributed by atoms with E-state index in [1.54, 1.807) is 0 Å². The summed E-state index contributed by atoms with van der Waals surface area (Å²) in [5, 5.41) is 3.35. The van der Waals surface area contributed by atoms with Gasteiger partial charge >= 0.3 is 0 Å². The zero-order chi connectivity index (χ0) is 6.27. The Bertz CT molecular complexity index is 113. The van der Waals surface area contributed by atoms with Crippen LogP contribution in [0.4, 0.5) is 0 Å². The summed E-state index contributed by atoms with van der Waals surface area (Å²) in [4.78, 5) is 2.55. The summed E-state index contributed by atoms with van der Waals surface area (Å²) < 4.78 is 0. The van der Waals surface area contributed by atoms with E-state index in [4.69, 9.17) is 0 Å². The molecule has 2 heteroatoms. The minimum Gasteiger partial charge on any atom is -0.315 e. The summed E-state index contributed by atoms with van der Waals surface area (Å²) in [6.45, 7) is 4.00. The molecule has 3 atom stereocenters. The molecule has 2 bridgehead atoms. The Hall–Kier alpha value is -0.0800. The van der Waals surface area contributed by atoms with Crippen LogP contribution in [0.1, 0.15) is 6.42 Å². The fraction of sp³-hybridized carbons (Fsp3) is 1.00. The first kappa shape index (κ1) is 5.69. The number of rotatable bonds is 1. The van der Waals surface area contributed by atoms with Crippen molar-refractivity contribution in [3.05, 3.63) is 0 Å². The molecule has 0 aromatic rings. The molecule has 2 nitrogen and oxygen atoms in total. The van der Waals surface area contributed by atoms with Crippen molar-refractivity contribution in [1.82, 2.24) is 10.2 Å². The fourth-order valence-corrected chi connectivity index (χ4v) is 2.11. The van der Waals surface area contributed by atoms with Crippen LogP contribution in [0.15, 0.2) is 0 Å². The van der Waals surface area contributed by atoms with Crippen molar-refractivity contribution in [3.63, 3.8) is 0 Å². The number of fused-ring (bicyclic) bond motifs is 2. The molecule has 0 spiro atoms. The summed E-state index contributed by atoms with van der Waals surface area (Å²) in [6, 6.07) is 0.804. The van der Waals surface area contributed by atoms with Gasteiger partial charge in [-0.15, -0.1) is 0 Å². The van der Waals surface area contributed by atoms with Gasteiger partial charge in [-0.25, -0.2) is 0 Å². The van der Waals surface area contributed by atoms with Gasteiger partial charge in [0.15, 0.2) is 0 Å². The van der Waals surface area contributed by atoms with E-state index in [1.165, 1.54) is 26.1 Å². The predicted octanol–water partition coefficient (Wildman–Crippen LogP) is -0.0901. The Morgan fingerprint density at radius 1 is 1.44 bits per heavy atom.